The van der Waals surface area contributed by atoms with Gasteiger partial charge in [0.25, 0.3) is 0 Å². The van der Waals surface area contributed by atoms with E-state index >= 15 is 0 Å². The normalized spacial score (nSPS) is 12.4. The zero-order valence-electron chi connectivity index (χ0n) is 10.8. The van der Waals surface area contributed by atoms with Crippen molar-refractivity contribution in [2.24, 2.45) is 0 Å². The number of rotatable bonds is 4. The number of aliphatic hydroxyl groups excluding tert-OH is 1. The highest BCUT2D eigenvalue weighted by atomic mass is 79.9. The first-order valence-corrected chi connectivity index (χ1v) is 6.71. The molecule has 3 N–H and O–H groups in total. The first kappa shape index (κ1) is 13.9. The van der Waals surface area contributed by atoms with Gasteiger partial charge in [0.1, 0.15) is 11.9 Å². The minimum atomic E-state index is -0.855. The fourth-order valence-electron chi connectivity index (χ4n) is 2.02. The van der Waals surface area contributed by atoms with Gasteiger partial charge in [0.2, 0.25) is 0 Å². The molecule has 2 aromatic rings. The number of methoxy groups -OCH3 is 1. The molecule has 0 aliphatic rings. The molecular formula is C13H16BrN3O2. The number of anilines is 1. The summed E-state index contributed by atoms with van der Waals surface area (Å²) in [6.45, 7) is 2.63. The molecule has 1 unspecified atom stereocenters. The maximum Gasteiger partial charge on any atom is 0.142 e. The number of nitrogen functional groups attached to an aromatic ring is 1. The predicted octanol–water partition coefficient (Wildman–Crippen LogP) is 2.34. The summed E-state index contributed by atoms with van der Waals surface area (Å²) < 4.78 is 7.65. The maximum absolute atomic E-state index is 10.5. The summed E-state index contributed by atoms with van der Waals surface area (Å²) >= 11 is 3.40. The van der Waals surface area contributed by atoms with Crippen LogP contribution in [0, 0.1) is 0 Å². The molecule has 1 aromatic heterocycles. The van der Waals surface area contributed by atoms with Crippen LogP contribution in [-0.4, -0.2) is 22.0 Å². The molecule has 0 aliphatic carbocycles. The average molecular weight is 326 g/mol. The fourth-order valence-corrected chi connectivity index (χ4v) is 2.53. The number of aromatic nitrogens is 2. The van der Waals surface area contributed by atoms with E-state index < -0.39 is 6.10 Å². The molecule has 1 atom stereocenters. The van der Waals surface area contributed by atoms with Crippen molar-refractivity contribution in [3.63, 3.8) is 0 Å². The number of hydrogen-bond acceptors (Lipinski definition) is 4. The molecule has 6 heteroatoms. The number of aliphatic hydroxyl groups is 1. The lowest BCUT2D eigenvalue weighted by Gasteiger charge is -2.17. The van der Waals surface area contributed by atoms with E-state index in [0.29, 0.717) is 29.2 Å². The molecule has 0 bridgehead atoms. The zero-order valence-corrected chi connectivity index (χ0v) is 12.4. The topological polar surface area (TPSA) is 73.3 Å². The SMILES string of the molecule is CCn1ncc(Br)c1C(O)c1cccc(OC)c1N. The highest BCUT2D eigenvalue weighted by Gasteiger charge is 2.22. The number of nitrogens with two attached hydrogens (primary N) is 1. The summed E-state index contributed by atoms with van der Waals surface area (Å²) in [6.07, 6.45) is 0.810. The van der Waals surface area contributed by atoms with Gasteiger partial charge >= 0.3 is 0 Å². The van der Waals surface area contributed by atoms with Gasteiger partial charge in [-0.25, -0.2) is 0 Å². The molecule has 5 nitrogen and oxygen atoms in total. The number of halogens is 1. The van der Waals surface area contributed by atoms with Gasteiger partial charge in [-0.2, -0.15) is 5.10 Å². The van der Waals surface area contributed by atoms with Crippen LogP contribution in [0.5, 0.6) is 5.75 Å². The van der Waals surface area contributed by atoms with E-state index in [9.17, 15) is 5.11 Å². The van der Waals surface area contributed by atoms with Gasteiger partial charge in [0, 0.05) is 12.1 Å². The Labute approximate surface area is 120 Å². The predicted molar refractivity (Wildman–Crippen MR) is 77.1 cm³/mol. The first-order valence-electron chi connectivity index (χ1n) is 5.91. The van der Waals surface area contributed by atoms with Gasteiger partial charge in [-0.15, -0.1) is 0 Å². The zero-order chi connectivity index (χ0) is 14.0. The smallest absolute Gasteiger partial charge is 0.142 e. The third kappa shape index (κ3) is 2.46. The first-order chi connectivity index (χ1) is 9.10. The molecule has 0 saturated carbocycles. The average Bonchev–Trinajstić information content (AvgIpc) is 2.79. The number of para-hydroxylation sites is 1. The van der Waals surface area contributed by atoms with Crippen molar-refractivity contribution in [2.45, 2.75) is 19.6 Å². The van der Waals surface area contributed by atoms with Crippen LogP contribution in [0.2, 0.25) is 0 Å². The van der Waals surface area contributed by atoms with Crippen LogP contribution in [0.25, 0.3) is 0 Å². The largest absolute Gasteiger partial charge is 0.495 e. The van der Waals surface area contributed by atoms with E-state index in [1.165, 1.54) is 0 Å². The Kier molecular flexibility index (Phi) is 4.11. The van der Waals surface area contributed by atoms with Crippen molar-refractivity contribution in [3.8, 4) is 5.75 Å². The van der Waals surface area contributed by atoms with Crippen molar-refractivity contribution in [2.75, 3.05) is 12.8 Å². The Morgan fingerprint density at radius 2 is 2.26 bits per heavy atom. The second-order valence-electron chi connectivity index (χ2n) is 4.06. The lowest BCUT2D eigenvalue weighted by atomic mass is 10.0. The summed E-state index contributed by atoms with van der Waals surface area (Å²) in [7, 11) is 1.55. The van der Waals surface area contributed by atoms with Crippen LogP contribution in [0.15, 0.2) is 28.9 Å². The second-order valence-corrected chi connectivity index (χ2v) is 4.91. The van der Waals surface area contributed by atoms with Gasteiger partial charge in [-0.1, -0.05) is 12.1 Å². The summed E-state index contributed by atoms with van der Waals surface area (Å²) in [5, 5.41) is 14.7. The molecular weight excluding hydrogens is 310 g/mol. The van der Waals surface area contributed by atoms with Crippen molar-refractivity contribution < 1.29 is 9.84 Å². The van der Waals surface area contributed by atoms with E-state index in [-0.39, 0.29) is 0 Å². The van der Waals surface area contributed by atoms with E-state index in [1.54, 1.807) is 36.2 Å². The van der Waals surface area contributed by atoms with Crippen molar-refractivity contribution in [1.82, 2.24) is 9.78 Å². The lowest BCUT2D eigenvalue weighted by Crippen LogP contribution is -2.11. The number of hydrogen-bond donors (Lipinski definition) is 2. The number of benzene rings is 1. The third-order valence-electron chi connectivity index (χ3n) is 3.01. The van der Waals surface area contributed by atoms with Gasteiger partial charge in [-0.05, 0) is 28.9 Å². The highest BCUT2D eigenvalue weighted by Crippen LogP contribution is 2.35. The fraction of sp³-hybridized carbons (Fsp3) is 0.308. The quantitative estimate of drug-likeness (QED) is 0.846. The highest BCUT2D eigenvalue weighted by molar-refractivity contribution is 9.10. The minimum absolute atomic E-state index is 0.438. The maximum atomic E-state index is 10.5. The summed E-state index contributed by atoms with van der Waals surface area (Å²) in [6, 6.07) is 5.34. The summed E-state index contributed by atoms with van der Waals surface area (Å²) in [4.78, 5) is 0. The van der Waals surface area contributed by atoms with Gasteiger partial charge in [-0.3, -0.25) is 4.68 Å². The van der Waals surface area contributed by atoms with Crippen LogP contribution in [0.3, 0.4) is 0 Å². The third-order valence-corrected chi connectivity index (χ3v) is 3.62. The molecule has 1 heterocycles. The number of nitrogens with zero attached hydrogens (tertiary/aromatic N) is 2. The van der Waals surface area contributed by atoms with Crippen molar-refractivity contribution >= 4 is 21.6 Å². The van der Waals surface area contributed by atoms with Crippen LogP contribution in [0.1, 0.15) is 24.3 Å². The summed E-state index contributed by atoms with van der Waals surface area (Å²) in [5.41, 5.74) is 7.74. The molecule has 0 radical (unpaired) electrons. The lowest BCUT2D eigenvalue weighted by molar-refractivity contribution is 0.207. The molecule has 102 valence electrons. The molecule has 0 amide bonds. The van der Waals surface area contributed by atoms with Crippen LogP contribution in [-0.2, 0) is 6.54 Å². The molecule has 1 aromatic carbocycles. The molecule has 0 fully saturated rings. The molecule has 2 rings (SSSR count). The molecule has 19 heavy (non-hydrogen) atoms. The van der Waals surface area contributed by atoms with E-state index in [2.05, 4.69) is 21.0 Å². The number of aryl methyl sites for hydroxylation is 1. The monoisotopic (exact) mass is 325 g/mol. The van der Waals surface area contributed by atoms with E-state index in [4.69, 9.17) is 10.5 Å². The van der Waals surface area contributed by atoms with Crippen LogP contribution in [0.4, 0.5) is 5.69 Å². The Bertz CT molecular complexity index is 583. The summed E-state index contributed by atoms with van der Waals surface area (Å²) in [5.74, 6) is 0.551. The molecule has 0 saturated heterocycles. The van der Waals surface area contributed by atoms with E-state index in [1.807, 2.05) is 6.92 Å². The van der Waals surface area contributed by atoms with Crippen LogP contribution < -0.4 is 10.5 Å². The Balaban J connectivity index is 2.50. The Morgan fingerprint density at radius 1 is 1.53 bits per heavy atom. The van der Waals surface area contributed by atoms with Gasteiger partial charge in [0.15, 0.2) is 0 Å². The second kappa shape index (κ2) is 5.63. The van der Waals surface area contributed by atoms with Crippen LogP contribution >= 0.6 is 15.9 Å². The number of ether oxygens (including phenoxy) is 1. The van der Waals surface area contributed by atoms with Gasteiger partial charge in [0.05, 0.1) is 29.2 Å². The Hall–Kier alpha value is -1.53. The van der Waals surface area contributed by atoms with Crippen molar-refractivity contribution in [1.29, 1.82) is 0 Å². The molecule has 0 spiro atoms. The standard InChI is InChI=1S/C13H16BrN3O2/c1-3-17-12(9(14)7-16-17)13(18)8-5-4-6-10(19-2)11(8)15/h4-7,13,18H,3,15H2,1-2H3. The minimum Gasteiger partial charge on any atom is -0.495 e. The van der Waals surface area contributed by atoms with E-state index in [0.717, 1.165) is 4.47 Å². The van der Waals surface area contributed by atoms with Gasteiger partial charge < -0.3 is 15.6 Å². The Morgan fingerprint density at radius 3 is 2.89 bits per heavy atom. The molecule has 0 aliphatic heterocycles. The van der Waals surface area contributed by atoms with Crippen molar-refractivity contribution in [3.05, 3.63) is 40.1 Å².